The molecule has 1 N–H and O–H groups in total. The molecule has 1 saturated carbocycles. The molecule has 102 valence electrons. The van der Waals surface area contributed by atoms with Gasteiger partial charge in [0, 0.05) is 25.2 Å². The largest absolute Gasteiger partial charge is 0.313 e. The summed E-state index contributed by atoms with van der Waals surface area (Å²) >= 11 is 0. The zero-order chi connectivity index (χ0) is 12.5. The van der Waals surface area contributed by atoms with E-state index in [1.165, 1.54) is 64.6 Å². The molecular formula is C15H32N2. The molecule has 0 saturated heterocycles. The Hall–Kier alpha value is -0.0800. The Kier molecular flexibility index (Phi) is 7.87. The molecule has 0 aromatic heterocycles. The lowest BCUT2D eigenvalue weighted by Gasteiger charge is -2.27. The third-order valence-electron chi connectivity index (χ3n) is 3.93. The lowest BCUT2D eigenvalue weighted by Crippen LogP contribution is -2.40. The van der Waals surface area contributed by atoms with E-state index in [0.717, 1.165) is 6.04 Å². The lowest BCUT2D eigenvalue weighted by atomic mass is 10.1. The van der Waals surface area contributed by atoms with Crippen LogP contribution < -0.4 is 5.32 Å². The maximum atomic E-state index is 3.76. The van der Waals surface area contributed by atoms with Crippen molar-refractivity contribution in [3.63, 3.8) is 0 Å². The predicted molar refractivity (Wildman–Crippen MR) is 76.5 cm³/mol. The third-order valence-corrected chi connectivity index (χ3v) is 3.93. The van der Waals surface area contributed by atoms with Crippen LogP contribution in [-0.4, -0.2) is 36.6 Å². The van der Waals surface area contributed by atoms with Crippen molar-refractivity contribution in [3.8, 4) is 0 Å². The first kappa shape index (κ1) is 15.0. The van der Waals surface area contributed by atoms with Crippen molar-refractivity contribution in [2.75, 3.05) is 19.6 Å². The van der Waals surface area contributed by atoms with Gasteiger partial charge in [-0.05, 0) is 39.7 Å². The van der Waals surface area contributed by atoms with E-state index in [4.69, 9.17) is 0 Å². The van der Waals surface area contributed by atoms with Crippen molar-refractivity contribution >= 4 is 0 Å². The van der Waals surface area contributed by atoms with Gasteiger partial charge in [0.25, 0.3) is 0 Å². The standard InChI is InChI=1S/C15H32N2/c1-4-12-17(14(2)3)13-11-16-15-9-7-5-6-8-10-15/h14-16H,4-13H2,1-3H3. The molecule has 2 heteroatoms. The summed E-state index contributed by atoms with van der Waals surface area (Å²) in [6.45, 7) is 10.5. The number of nitrogens with zero attached hydrogens (tertiary/aromatic N) is 1. The van der Waals surface area contributed by atoms with Crippen molar-refractivity contribution in [1.29, 1.82) is 0 Å². The third kappa shape index (κ3) is 6.42. The lowest BCUT2D eigenvalue weighted by molar-refractivity contribution is 0.218. The van der Waals surface area contributed by atoms with Gasteiger partial charge in [0.15, 0.2) is 0 Å². The van der Waals surface area contributed by atoms with Gasteiger partial charge >= 0.3 is 0 Å². The molecule has 1 fully saturated rings. The molecule has 17 heavy (non-hydrogen) atoms. The Labute approximate surface area is 108 Å². The average molecular weight is 240 g/mol. The molecule has 0 aromatic carbocycles. The van der Waals surface area contributed by atoms with E-state index >= 15 is 0 Å². The topological polar surface area (TPSA) is 15.3 Å². The molecule has 0 aliphatic heterocycles. The molecule has 0 aromatic rings. The van der Waals surface area contributed by atoms with Gasteiger partial charge < -0.3 is 5.32 Å². The van der Waals surface area contributed by atoms with Gasteiger partial charge in [0.2, 0.25) is 0 Å². The number of rotatable bonds is 7. The Balaban J connectivity index is 2.15. The highest BCUT2D eigenvalue weighted by Gasteiger charge is 2.12. The zero-order valence-corrected chi connectivity index (χ0v) is 12.2. The van der Waals surface area contributed by atoms with Crippen molar-refractivity contribution in [2.45, 2.75) is 77.8 Å². The molecule has 1 aliphatic rings. The minimum absolute atomic E-state index is 0.686. The molecular weight excluding hydrogens is 208 g/mol. The van der Waals surface area contributed by atoms with Gasteiger partial charge in [-0.25, -0.2) is 0 Å². The quantitative estimate of drug-likeness (QED) is 0.686. The summed E-state index contributed by atoms with van der Waals surface area (Å²) in [6, 6.07) is 1.49. The molecule has 0 spiro atoms. The second-order valence-electron chi connectivity index (χ2n) is 5.77. The molecule has 0 radical (unpaired) electrons. The van der Waals surface area contributed by atoms with Crippen molar-refractivity contribution < 1.29 is 0 Å². The minimum atomic E-state index is 0.686. The minimum Gasteiger partial charge on any atom is -0.313 e. The first-order valence-corrected chi connectivity index (χ1v) is 7.71. The Morgan fingerprint density at radius 1 is 1.06 bits per heavy atom. The highest BCUT2D eigenvalue weighted by atomic mass is 15.2. The maximum Gasteiger partial charge on any atom is 0.0110 e. The van der Waals surface area contributed by atoms with Gasteiger partial charge in [0.05, 0.1) is 0 Å². The summed E-state index contributed by atoms with van der Waals surface area (Å²) in [7, 11) is 0. The van der Waals surface area contributed by atoms with Crippen LogP contribution in [0.1, 0.15) is 65.7 Å². The summed E-state index contributed by atoms with van der Waals surface area (Å²) in [4.78, 5) is 2.59. The van der Waals surface area contributed by atoms with Crippen LogP contribution in [0.25, 0.3) is 0 Å². The van der Waals surface area contributed by atoms with E-state index in [9.17, 15) is 0 Å². The highest BCUT2D eigenvalue weighted by molar-refractivity contribution is 4.72. The van der Waals surface area contributed by atoms with E-state index in [1.54, 1.807) is 0 Å². The van der Waals surface area contributed by atoms with E-state index in [2.05, 4.69) is 31.0 Å². The summed E-state index contributed by atoms with van der Waals surface area (Å²) < 4.78 is 0. The second-order valence-corrected chi connectivity index (χ2v) is 5.77. The van der Waals surface area contributed by atoms with Crippen LogP contribution in [-0.2, 0) is 0 Å². The maximum absolute atomic E-state index is 3.76. The monoisotopic (exact) mass is 240 g/mol. The van der Waals surface area contributed by atoms with Gasteiger partial charge in [-0.2, -0.15) is 0 Å². The van der Waals surface area contributed by atoms with Gasteiger partial charge in [-0.3, -0.25) is 4.90 Å². The fourth-order valence-corrected chi connectivity index (χ4v) is 2.81. The average Bonchev–Trinajstić information content (AvgIpc) is 2.56. The molecule has 0 atom stereocenters. The van der Waals surface area contributed by atoms with Crippen LogP contribution in [0.4, 0.5) is 0 Å². The van der Waals surface area contributed by atoms with E-state index in [-0.39, 0.29) is 0 Å². The summed E-state index contributed by atoms with van der Waals surface area (Å²) in [5, 5.41) is 3.76. The van der Waals surface area contributed by atoms with Crippen LogP contribution in [0.3, 0.4) is 0 Å². The van der Waals surface area contributed by atoms with Crippen LogP contribution in [0, 0.1) is 0 Å². The molecule has 0 unspecified atom stereocenters. The summed E-state index contributed by atoms with van der Waals surface area (Å²) in [6.07, 6.45) is 9.83. The van der Waals surface area contributed by atoms with Crippen molar-refractivity contribution in [3.05, 3.63) is 0 Å². The molecule has 1 aliphatic carbocycles. The van der Waals surface area contributed by atoms with E-state index in [1.807, 2.05) is 0 Å². The van der Waals surface area contributed by atoms with E-state index < -0.39 is 0 Å². The van der Waals surface area contributed by atoms with Crippen LogP contribution in [0.2, 0.25) is 0 Å². The Morgan fingerprint density at radius 2 is 1.71 bits per heavy atom. The molecule has 2 nitrogen and oxygen atoms in total. The van der Waals surface area contributed by atoms with Crippen molar-refractivity contribution in [2.24, 2.45) is 0 Å². The van der Waals surface area contributed by atoms with Crippen LogP contribution in [0.5, 0.6) is 0 Å². The fraction of sp³-hybridized carbons (Fsp3) is 1.00. The first-order chi connectivity index (χ1) is 8.24. The molecule has 0 heterocycles. The molecule has 0 amide bonds. The molecule has 1 rings (SSSR count). The summed E-state index contributed by atoms with van der Waals surface area (Å²) in [5.41, 5.74) is 0. The number of nitrogens with one attached hydrogen (secondary N) is 1. The smallest absolute Gasteiger partial charge is 0.0110 e. The SMILES string of the molecule is CCCN(CCNC1CCCCCC1)C(C)C. The molecule has 0 bridgehead atoms. The van der Waals surface area contributed by atoms with Crippen LogP contribution in [0.15, 0.2) is 0 Å². The van der Waals surface area contributed by atoms with Crippen LogP contribution >= 0.6 is 0 Å². The normalized spacial score (nSPS) is 18.9. The van der Waals surface area contributed by atoms with E-state index in [0.29, 0.717) is 6.04 Å². The Morgan fingerprint density at radius 3 is 2.24 bits per heavy atom. The highest BCUT2D eigenvalue weighted by Crippen LogP contribution is 2.16. The predicted octanol–water partition coefficient (Wildman–Crippen LogP) is 3.42. The number of hydrogen-bond acceptors (Lipinski definition) is 2. The first-order valence-electron chi connectivity index (χ1n) is 7.71. The second kappa shape index (κ2) is 8.93. The van der Waals surface area contributed by atoms with Gasteiger partial charge in [0.1, 0.15) is 0 Å². The number of hydrogen-bond donors (Lipinski definition) is 1. The summed E-state index contributed by atoms with van der Waals surface area (Å²) in [5.74, 6) is 0. The van der Waals surface area contributed by atoms with Gasteiger partial charge in [-0.15, -0.1) is 0 Å². The van der Waals surface area contributed by atoms with Gasteiger partial charge in [-0.1, -0.05) is 32.6 Å². The van der Waals surface area contributed by atoms with Crippen molar-refractivity contribution in [1.82, 2.24) is 10.2 Å². The fourth-order valence-electron chi connectivity index (χ4n) is 2.81. The zero-order valence-electron chi connectivity index (χ0n) is 12.2. The Bertz CT molecular complexity index is 172.